The maximum absolute atomic E-state index is 11.7. The van der Waals surface area contributed by atoms with Gasteiger partial charge >= 0.3 is 5.97 Å². The van der Waals surface area contributed by atoms with E-state index in [2.05, 4.69) is 0 Å². The first-order chi connectivity index (χ1) is 13.1. The predicted molar refractivity (Wildman–Crippen MR) is 92.1 cm³/mol. The Kier molecular flexibility index (Phi) is 11.9. The lowest BCUT2D eigenvalue weighted by Gasteiger charge is -2.08. The van der Waals surface area contributed by atoms with Gasteiger partial charge in [0.05, 0.1) is 65.0 Å². The maximum atomic E-state index is 11.7. The molecule has 0 aliphatic rings. The molecule has 0 spiro atoms. The molecular weight excluding hydrogens is 364 g/mol. The molecule has 0 unspecified atom stereocenters. The van der Waals surface area contributed by atoms with Crippen molar-refractivity contribution in [2.75, 3.05) is 66.1 Å². The molecule has 10 heteroatoms. The molecular formula is C17H26O10. The number of aliphatic hydroxyl groups excluding tert-OH is 1. The van der Waals surface area contributed by atoms with Crippen molar-refractivity contribution in [3.8, 4) is 17.2 Å². The summed E-state index contributed by atoms with van der Waals surface area (Å²) in [4.78, 5) is 11.7. The molecule has 1 aromatic rings. The first-order valence-electron chi connectivity index (χ1n) is 8.40. The van der Waals surface area contributed by atoms with E-state index >= 15 is 0 Å². The molecule has 0 saturated carbocycles. The van der Waals surface area contributed by atoms with E-state index in [-0.39, 0.29) is 25.4 Å². The molecule has 4 N–H and O–H groups in total. The average Bonchev–Trinajstić information content (AvgIpc) is 2.65. The number of benzene rings is 1. The highest BCUT2D eigenvalue weighted by atomic mass is 16.6. The van der Waals surface area contributed by atoms with Crippen LogP contribution < -0.4 is 0 Å². The fraction of sp³-hybridized carbons (Fsp3) is 0.588. The fourth-order valence-electron chi connectivity index (χ4n) is 1.83. The Hall–Kier alpha value is -2.11. The van der Waals surface area contributed by atoms with Crippen molar-refractivity contribution in [2.45, 2.75) is 0 Å². The Balaban J connectivity index is 1.96. The minimum absolute atomic E-state index is 0.00764. The molecule has 27 heavy (non-hydrogen) atoms. The SMILES string of the molecule is O=C(OCCOCCOCCOCCOCCO)c1cc(O)c(O)c(O)c1. The summed E-state index contributed by atoms with van der Waals surface area (Å²) >= 11 is 0. The second-order valence-electron chi connectivity index (χ2n) is 5.17. The molecule has 1 rings (SSSR count). The first-order valence-corrected chi connectivity index (χ1v) is 8.40. The smallest absolute Gasteiger partial charge is 0.338 e. The molecule has 0 aliphatic heterocycles. The maximum Gasteiger partial charge on any atom is 0.338 e. The molecule has 0 heterocycles. The Morgan fingerprint density at radius 2 is 1.11 bits per heavy atom. The molecule has 10 nitrogen and oxygen atoms in total. The molecule has 0 fully saturated rings. The van der Waals surface area contributed by atoms with Crippen LogP contribution in [0.5, 0.6) is 17.2 Å². The van der Waals surface area contributed by atoms with Crippen molar-refractivity contribution < 1.29 is 48.9 Å². The monoisotopic (exact) mass is 390 g/mol. The third-order valence-electron chi connectivity index (χ3n) is 3.12. The second-order valence-corrected chi connectivity index (χ2v) is 5.17. The van der Waals surface area contributed by atoms with Gasteiger partial charge in [-0.2, -0.15) is 0 Å². The third kappa shape index (κ3) is 9.97. The Morgan fingerprint density at radius 1 is 0.704 bits per heavy atom. The Labute approximate surface area is 156 Å². The summed E-state index contributed by atoms with van der Waals surface area (Å²) in [6, 6.07) is 1.99. The molecule has 0 amide bonds. The van der Waals surface area contributed by atoms with Gasteiger partial charge in [0.1, 0.15) is 6.61 Å². The van der Waals surface area contributed by atoms with Crippen LogP contribution in [0.3, 0.4) is 0 Å². The summed E-state index contributed by atoms with van der Waals surface area (Å²) in [6.07, 6.45) is 0. The summed E-state index contributed by atoms with van der Waals surface area (Å²) in [5, 5.41) is 36.4. The molecule has 0 aliphatic carbocycles. The number of aliphatic hydroxyl groups is 1. The first kappa shape index (κ1) is 22.9. The van der Waals surface area contributed by atoms with E-state index in [4.69, 9.17) is 28.8 Å². The number of carbonyl (C=O) groups excluding carboxylic acids is 1. The van der Waals surface area contributed by atoms with Gasteiger partial charge in [0, 0.05) is 0 Å². The topological polar surface area (TPSA) is 144 Å². The van der Waals surface area contributed by atoms with Gasteiger partial charge in [-0.25, -0.2) is 4.79 Å². The highest BCUT2D eigenvalue weighted by Crippen LogP contribution is 2.35. The standard InChI is InChI=1S/C17H26O10/c18-1-2-23-3-4-24-5-6-25-7-8-26-9-10-27-17(22)13-11-14(19)16(21)15(20)12-13/h11-12,18-21H,1-10H2. The van der Waals surface area contributed by atoms with Crippen LogP contribution >= 0.6 is 0 Å². The lowest BCUT2D eigenvalue weighted by atomic mass is 10.2. The third-order valence-corrected chi connectivity index (χ3v) is 3.12. The number of phenols is 3. The van der Waals surface area contributed by atoms with E-state index in [1.807, 2.05) is 0 Å². The number of hydrogen-bond donors (Lipinski definition) is 4. The number of rotatable bonds is 15. The van der Waals surface area contributed by atoms with E-state index in [1.54, 1.807) is 0 Å². The molecule has 1 aromatic carbocycles. The largest absolute Gasteiger partial charge is 0.504 e. The Morgan fingerprint density at radius 3 is 1.56 bits per heavy atom. The normalized spacial score (nSPS) is 10.9. The summed E-state index contributed by atoms with van der Waals surface area (Å²) in [6.45, 7) is 2.79. The molecule has 154 valence electrons. The van der Waals surface area contributed by atoms with Gasteiger partial charge in [-0.3, -0.25) is 0 Å². The minimum atomic E-state index is -0.763. The molecule has 0 atom stereocenters. The van der Waals surface area contributed by atoms with Crippen molar-refractivity contribution >= 4 is 5.97 Å². The van der Waals surface area contributed by atoms with E-state index < -0.39 is 23.2 Å². The van der Waals surface area contributed by atoms with Crippen molar-refractivity contribution in [2.24, 2.45) is 0 Å². The lowest BCUT2D eigenvalue weighted by molar-refractivity contribution is -0.0114. The van der Waals surface area contributed by atoms with Gasteiger partial charge in [0.25, 0.3) is 0 Å². The summed E-state index contributed by atoms with van der Waals surface area (Å²) in [5.74, 6) is -2.69. The number of hydrogen-bond acceptors (Lipinski definition) is 10. The van der Waals surface area contributed by atoms with Crippen molar-refractivity contribution in [3.63, 3.8) is 0 Å². The molecule has 0 saturated heterocycles. The van der Waals surface area contributed by atoms with Crippen LogP contribution in [-0.2, 0) is 23.7 Å². The van der Waals surface area contributed by atoms with Crippen LogP contribution in [0.1, 0.15) is 10.4 Å². The zero-order chi connectivity index (χ0) is 19.9. The van der Waals surface area contributed by atoms with Gasteiger partial charge < -0.3 is 44.1 Å². The van der Waals surface area contributed by atoms with Crippen LogP contribution in [0.25, 0.3) is 0 Å². The summed E-state index contributed by atoms with van der Waals surface area (Å²) < 4.78 is 25.7. The zero-order valence-corrected chi connectivity index (χ0v) is 15.0. The number of carbonyl (C=O) groups is 1. The number of esters is 1. The van der Waals surface area contributed by atoms with Crippen molar-refractivity contribution in [1.82, 2.24) is 0 Å². The van der Waals surface area contributed by atoms with Gasteiger partial charge in [0.15, 0.2) is 17.2 Å². The van der Waals surface area contributed by atoms with Gasteiger partial charge in [-0.05, 0) is 12.1 Å². The molecule has 0 bridgehead atoms. The average molecular weight is 390 g/mol. The van der Waals surface area contributed by atoms with Crippen LogP contribution in [0.15, 0.2) is 12.1 Å². The highest BCUT2D eigenvalue weighted by molar-refractivity contribution is 5.91. The van der Waals surface area contributed by atoms with Crippen LogP contribution in [-0.4, -0.2) is 92.5 Å². The second kappa shape index (κ2) is 14.0. The Bertz CT molecular complexity index is 526. The summed E-state index contributed by atoms with van der Waals surface area (Å²) in [5.41, 5.74) is -0.0899. The molecule has 0 radical (unpaired) electrons. The van der Waals surface area contributed by atoms with E-state index in [0.29, 0.717) is 46.2 Å². The van der Waals surface area contributed by atoms with E-state index in [1.165, 1.54) is 0 Å². The van der Waals surface area contributed by atoms with E-state index in [0.717, 1.165) is 12.1 Å². The quantitative estimate of drug-likeness (QED) is 0.184. The van der Waals surface area contributed by atoms with E-state index in [9.17, 15) is 20.1 Å². The highest BCUT2D eigenvalue weighted by Gasteiger charge is 2.14. The predicted octanol–water partition coefficient (Wildman–Crippen LogP) is 0.0189. The fourth-order valence-corrected chi connectivity index (χ4v) is 1.83. The summed E-state index contributed by atoms with van der Waals surface area (Å²) in [7, 11) is 0. The van der Waals surface area contributed by atoms with Gasteiger partial charge in [-0.1, -0.05) is 0 Å². The van der Waals surface area contributed by atoms with Crippen molar-refractivity contribution in [3.05, 3.63) is 17.7 Å². The van der Waals surface area contributed by atoms with Gasteiger partial charge in [-0.15, -0.1) is 0 Å². The number of aromatic hydroxyl groups is 3. The minimum Gasteiger partial charge on any atom is -0.504 e. The molecule has 0 aromatic heterocycles. The lowest BCUT2D eigenvalue weighted by Crippen LogP contribution is -2.14. The van der Waals surface area contributed by atoms with Crippen LogP contribution in [0.2, 0.25) is 0 Å². The number of phenolic OH excluding ortho intramolecular Hbond substituents is 3. The van der Waals surface area contributed by atoms with Crippen LogP contribution in [0.4, 0.5) is 0 Å². The van der Waals surface area contributed by atoms with Gasteiger partial charge in [0.2, 0.25) is 0 Å². The number of ether oxygens (including phenoxy) is 5. The van der Waals surface area contributed by atoms with Crippen LogP contribution in [0, 0.1) is 0 Å². The van der Waals surface area contributed by atoms with Crippen molar-refractivity contribution in [1.29, 1.82) is 0 Å². The zero-order valence-electron chi connectivity index (χ0n) is 15.0.